The lowest BCUT2D eigenvalue weighted by atomic mass is 10.2. The summed E-state index contributed by atoms with van der Waals surface area (Å²) < 4.78 is 33.8. The number of fused-ring (bicyclic) bond motifs is 1. The van der Waals surface area contributed by atoms with Gasteiger partial charge in [-0.05, 0) is 67.1 Å². The van der Waals surface area contributed by atoms with Crippen LogP contribution < -0.4 is 14.1 Å². The SMILES string of the molecule is COc1ccc2nc(N(/N=C/c3ccc(C)cc3)C(=O)c3ccc(S(=O)(=O)N(C)c4ccccc4)cc3)sc2c1. The van der Waals surface area contributed by atoms with Crippen molar-refractivity contribution in [2.75, 3.05) is 23.5 Å². The van der Waals surface area contributed by atoms with Crippen molar-refractivity contribution >= 4 is 54.5 Å². The Balaban J connectivity index is 1.48. The third-order valence-corrected chi connectivity index (χ3v) is 9.03. The van der Waals surface area contributed by atoms with Gasteiger partial charge < -0.3 is 4.74 Å². The Morgan fingerprint density at radius 3 is 2.33 bits per heavy atom. The lowest BCUT2D eigenvalue weighted by Crippen LogP contribution is -2.27. The number of hydrogen-bond acceptors (Lipinski definition) is 7. The molecule has 0 unspecified atom stereocenters. The molecule has 1 amide bonds. The molecule has 0 saturated heterocycles. The fraction of sp³-hybridized carbons (Fsp3) is 0.100. The van der Waals surface area contributed by atoms with Crippen molar-refractivity contribution in [3.8, 4) is 5.75 Å². The van der Waals surface area contributed by atoms with Crippen molar-refractivity contribution in [3.63, 3.8) is 0 Å². The van der Waals surface area contributed by atoms with E-state index in [2.05, 4.69) is 10.1 Å². The summed E-state index contributed by atoms with van der Waals surface area (Å²) >= 11 is 1.30. The van der Waals surface area contributed by atoms with Crippen LogP contribution in [-0.4, -0.2) is 39.7 Å². The maximum Gasteiger partial charge on any atom is 0.280 e. The van der Waals surface area contributed by atoms with E-state index in [0.717, 1.165) is 15.8 Å². The highest BCUT2D eigenvalue weighted by atomic mass is 32.2. The highest BCUT2D eigenvalue weighted by Gasteiger charge is 2.24. The number of anilines is 2. The fourth-order valence-corrected chi connectivity index (χ4v) is 6.05. The number of aromatic nitrogens is 1. The number of hydrazone groups is 1. The van der Waals surface area contributed by atoms with Gasteiger partial charge in [-0.1, -0.05) is 59.4 Å². The van der Waals surface area contributed by atoms with E-state index < -0.39 is 15.9 Å². The smallest absolute Gasteiger partial charge is 0.280 e. The molecule has 0 spiro atoms. The minimum Gasteiger partial charge on any atom is -0.497 e. The number of benzene rings is 4. The number of methoxy groups -OCH3 is 1. The number of nitrogens with zero attached hydrogens (tertiary/aromatic N) is 4. The third-order valence-electron chi connectivity index (χ3n) is 6.24. The molecule has 0 fully saturated rings. The summed E-state index contributed by atoms with van der Waals surface area (Å²) in [4.78, 5) is 18.4. The molecule has 10 heteroatoms. The average molecular weight is 571 g/mol. The normalized spacial score (nSPS) is 11.6. The number of hydrogen-bond donors (Lipinski definition) is 0. The molecule has 202 valence electrons. The molecule has 0 bridgehead atoms. The second-order valence-electron chi connectivity index (χ2n) is 8.93. The third kappa shape index (κ3) is 5.58. The number of ether oxygens (including phenoxy) is 1. The van der Waals surface area contributed by atoms with Gasteiger partial charge in [-0.3, -0.25) is 9.10 Å². The molecule has 40 heavy (non-hydrogen) atoms. The van der Waals surface area contributed by atoms with E-state index in [-0.39, 0.29) is 10.5 Å². The monoisotopic (exact) mass is 570 g/mol. The zero-order valence-corrected chi connectivity index (χ0v) is 23.7. The molecule has 8 nitrogen and oxygen atoms in total. The Kier molecular flexibility index (Phi) is 7.63. The molecule has 4 aromatic carbocycles. The summed E-state index contributed by atoms with van der Waals surface area (Å²) in [7, 11) is -0.741. The van der Waals surface area contributed by atoms with Gasteiger partial charge in [-0.2, -0.15) is 10.1 Å². The minimum atomic E-state index is -3.82. The van der Waals surface area contributed by atoms with Gasteiger partial charge in [0.1, 0.15) is 5.75 Å². The molecule has 0 N–H and O–H groups in total. The minimum absolute atomic E-state index is 0.0668. The highest BCUT2D eigenvalue weighted by molar-refractivity contribution is 7.92. The number of thiazole rings is 1. The molecule has 0 aliphatic rings. The van der Waals surface area contributed by atoms with Gasteiger partial charge in [-0.15, -0.1) is 0 Å². The van der Waals surface area contributed by atoms with Crippen LogP contribution in [0.25, 0.3) is 10.2 Å². The number of carbonyl (C=O) groups excluding carboxylic acids is 1. The van der Waals surface area contributed by atoms with E-state index in [0.29, 0.717) is 22.1 Å². The Morgan fingerprint density at radius 2 is 1.65 bits per heavy atom. The van der Waals surface area contributed by atoms with Gasteiger partial charge >= 0.3 is 0 Å². The topological polar surface area (TPSA) is 92.2 Å². The highest BCUT2D eigenvalue weighted by Crippen LogP contribution is 2.32. The van der Waals surface area contributed by atoms with Gasteiger partial charge in [0.05, 0.1) is 34.1 Å². The molecule has 0 aliphatic heterocycles. The zero-order chi connectivity index (χ0) is 28.3. The van der Waals surface area contributed by atoms with E-state index in [1.165, 1.54) is 52.0 Å². The van der Waals surface area contributed by atoms with Crippen LogP contribution in [0, 0.1) is 6.92 Å². The summed E-state index contributed by atoms with van der Waals surface area (Å²) in [5.41, 5.74) is 3.43. The number of sulfonamides is 1. The van der Waals surface area contributed by atoms with Crippen LogP contribution in [0.3, 0.4) is 0 Å². The van der Waals surface area contributed by atoms with Gasteiger partial charge in [0.2, 0.25) is 5.13 Å². The lowest BCUT2D eigenvalue weighted by molar-refractivity contribution is 0.0987. The Bertz CT molecular complexity index is 1780. The van der Waals surface area contributed by atoms with Crippen LogP contribution in [0.5, 0.6) is 5.75 Å². The zero-order valence-electron chi connectivity index (χ0n) is 22.1. The van der Waals surface area contributed by atoms with E-state index in [9.17, 15) is 13.2 Å². The predicted molar refractivity (Wildman–Crippen MR) is 160 cm³/mol. The van der Waals surface area contributed by atoms with Crippen LogP contribution >= 0.6 is 11.3 Å². The number of carbonyl (C=O) groups is 1. The molecular formula is C30H26N4O4S2. The fourth-order valence-electron chi connectivity index (χ4n) is 3.90. The molecular weight excluding hydrogens is 544 g/mol. The molecule has 0 saturated carbocycles. The lowest BCUT2D eigenvalue weighted by Gasteiger charge is -2.19. The van der Waals surface area contributed by atoms with Gasteiger partial charge in [-0.25, -0.2) is 13.4 Å². The Labute approximate surface area is 236 Å². The van der Waals surface area contributed by atoms with Gasteiger partial charge in [0, 0.05) is 12.6 Å². The predicted octanol–water partition coefficient (Wildman–Crippen LogP) is 6.12. The van der Waals surface area contributed by atoms with Crippen molar-refractivity contribution < 1.29 is 17.9 Å². The maximum atomic E-state index is 13.7. The molecule has 0 aliphatic carbocycles. The standard InChI is InChI=1S/C30H26N4O4S2/c1-21-9-11-22(12-10-21)20-31-34(30-32-27-18-15-25(38-3)19-28(27)39-30)29(35)23-13-16-26(17-14-23)40(36,37)33(2)24-7-5-4-6-8-24/h4-20H,1-3H3/b31-20+. The Morgan fingerprint density at radius 1 is 0.950 bits per heavy atom. The van der Waals surface area contributed by atoms with E-state index in [4.69, 9.17) is 4.74 Å². The van der Waals surface area contributed by atoms with Crippen molar-refractivity contribution in [2.45, 2.75) is 11.8 Å². The van der Waals surface area contributed by atoms with Gasteiger partial charge in [0.25, 0.3) is 15.9 Å². The first-order valence-corrected chi connectivity index (χ1v) is 14.6. The quantitative estimate of drug-likeness (QED) is 0.166. The molecule has 1 aromatic heterocycles. The van der Waals surface area contributed by atoms with Crippen LogP contribution in [-0.2, 0) is 10.0 Å². The van der Waals surface area contributed by atoms with E-state index in [1.807, 2.05) is 49.4 Å². The van der Waals surface area contributed by atoms with Crippen molar-refractivity contribution in [1.29, 1.82) is 0 Å². The number of para-hydroxylation sites is 1. The summed E-state index contributed by atoms with van der Waals surface area (Å²) in [5, 5.41) is 6.10. The first kappa shape index (κ1) is 27.0. The molecule has 0 radical (unpaired) electrons. The van der Waals surface area contributed by atoms with Crippen LogP contribution in [0.4, 0.5) is 10.8 Å². The molecule has 1 heterocycles. The summed E-state index contributed by atoms with van der Waals surface area (Å²) in [5.74, 6) is 0.232. The number of aryl methyl sites for hydroxylation is 1. The van der Waals surface area contributed by atoms with Crippen molar-refractivity contribution in [3.05, 3.63) is 114 Å². The number of amides is 1. The van der Waals surface area contributed by atoms with Crippen LogP contribution in [0.1, 0.15) is 21.5 Å². The van der Waals surface area contributed by atoms with E-state index in [1.54, 1.807) is 43.7 Å². The van der Waals surface area contributed by atoms with Crippen LogP contribution in [0.2, 0.25) is 0 Å². The van der Waals surface area contributed by atoms with Gasteiger partial charge in [0.15, 0.2) is 0 Å². The molecule has 0 atom stereocenters. The van der Waals surface area contributed by atoms with Crippen molar-refractivity contribution in [1.82, 2.24) is 4.98 Å². The largest absolute Gasteiger partial charge is 0.497 e. The maximum absolute atomic E-state index is 13.7. The summed E-state index contributed by atoms with van der Waals surface area (Å²) in [6.45, 7) is 1.99. The molecule has 5 aromatic rings. The second kappa shape index (κ2) is 11.3. The van der Waals surface area contributed by atoms with E-state index >= 15 is 0 Å². The first-order valence-electron chi connectivity index (χ1n) is 12.3. The van der Waals surface area contributed by atoms with Crippen molar-refractivity contribution in [2.24, 2.45) is 5.10 Å². The Hall–Kier alpha value is -4.54. The summed E-state index contributed by atoms with van der Waals surface area (Å²) in [6.07, 6.45) is 1.59. The molecule has 5 rings (SSSR count). The average Bonchev–Trinajstić information content (AvgIpc) is 3.41. The first-order chi connectivity index (χ1) is 19.3. The van der Waals surface area contributed by atoms with Crippen LogP contribution in [0.15, 0.2) is 107 Å². The second-order valence-corrected chi connectivity index (χ2v) is 11.9. The summed E-state index contributed by atoms with van der Waals surface area (Å²) in [6, 6.07) is 27.8. The number of rotatable bonds is 8.